The molecule has 8 heteroatoms. The van der Waals surface area contributed by atoms with Crippen molar-refractivity contribution in [2.75, 3.05) is 31.9 Å². The predicted molar refractivity (Wildman–Crippen MR) is 82.6 cm³/mol. The molecule has 1 atom stereocenters. The second kappa shape index (κ2) is 7.41. The van der Waals surface area contributed by atoms with Gasteiger partial charge in [-0.25, -0.2) is 12.7 Å². The summed E-state index contributed by atoms with van der Waals surface area (Å²) in [5, 5.41) is 2.68. The maximum Gasteiger partial charge on any atom is 0.245 e. The van der Waals surface area contributed by atoms with Crippen molar-refractivity contribution in [1.29, 1.82) is 0 Å². The zero-order valence-electron chi connectivity index (χ0n) is 13.1. The highest BCUT2D eigenvalue weighted by Gasteiger charge is 2.32. The van der Waals surface area contributed by atoms with Crippen molar-refractivity contribution >= 4 is 21.8 Å². The van der Waals surface area contributed by atoms with Crippen LogP contribution < -0.4 is 5.32 Å². The van der Waals surface area contributed by atoms with Crippen LogP contribution in [0.3, 0.4) is 0 Å². The van der Waals surface area contributed by atoms with Gasteiger partial charge in [0, 0.05) is 32.6 Å². The van der Waals surface area contributed by atoms with Gasteiger partial charge in [-0.15, -0.1) is 0 Å². The molecule has 0 aromatic carbocycles. The lowest BCUT2D eigenvalue weighted by Crippen LogP contribution is -2.46. The Hall–Kier alpha value is -1.15. The van der Waals surface area contributed by atoms with Crippen molar-refractivity contribution in [3.63, 3.8) is 0 Å². The molecule has 0 radical (unpaired) electrons. The van der Waals surface area contributed by atoms with Crippen LogP contribution in [0.25, 0.3) is 0 Å². The lowest BCUT2D eigenvalue weighted by Gasteiger charge is -2.24. The van der Waals surface area contributed by atoms with E-state index in [1.165, 1.54) is 4.31 Å². The number of unbranched alkanes of at least 4 members (excludes halogenated alkanes) is 1. The number of hydrogen-bond donors (Lipinski definition) is 1. The van der Waals surface area contributed by atoms with Gasteiger partial charge in [-0.1, -0.05) is 13.3 Å². The fraction of sp³-hybridized carbons (Fsp3) is 0.857. The molecule has 2 aliphatic rings. The van der Waals surface area contributed by atoms with Crippen molar-refractivity contribution in [2.24, 2.45) is 0 Å². The van der Waals surface area contributed by atoms with Crippen LogP contribution in [0.5, 0.6) is 0 Å². The molecular formula is C14H25N3O4S. The maximum absolute atomic E-state index is 12.4. The number of amides is 2. The summed E-state index contributed by atoms with van der Waals surface area (Å²) in [6.07, 6.45) is 3.07. The summed E-state index contributed by atoms with van der Waals surface area (Å²) >= 11 is 0. The molecule has 2 rings (SSSR count). The Kier molecular flexibility index (Phi) is 5.80. The van der Waals surface area contributed by atoms with Crippen molar-refractivity contribution in [1.82, 2.24) is 14.5 Å². The van der Waals surface area contributed by atoms with Crippen LogP contribution in [0.15, 0.2) is 0 Å². The van der Waals surface area contributed by atoms with E-state index in [1.807, 2.05) is 6.92 Å². The van der Waals surface area contributed by atoms with Crippen molar-refractivity contribution in [2.45, 2.75) is 45.1 Å². The minimum Gasteiger partial charge on any atom is -0.344 e. The van der Waals surface area contributed by atoms with Gasteiger partial charge < -0.3 is 10.2 Å². The molecule has 0 bridgehead atoms. The zero-order valence-corrected chi connectivity index (χ0v) is 13.9. The molecule has 0 spiro atoms. The topological polar surface area (TPSA) is 86.8 Å². The van der Waals surface area contributed by atoms with E-state index in [0.29, 0.717) is 51.9 Å². The predicted octanol–water partition coefficient (Wildman–Crippen LogP) is -0.0708. The number of nitrogens with zero attached hydrogens (tertiary/aromatic N) is 2. The van der Waals surface area contributed by atoms with Gasteiger partial charge in [0.1, 0.15) is 6.04 Å². The maximum atomic E-state index is 12.4. The van der Waals surface area contributed by atoms with Crippen LogP contribution >= 0.6 is 0 Å². The first-order valence-corrected chi connectivity index (χ1v) is 9.61. The standard InChI is InChI=1S/C14H25N3O4S/c1-2-3-11-22(20,21)17-8-4-7-16(9-10-17)14(19)12-5-6-13(18)15-12/h12H,2-11H2,1H3,(H,15,18). The van der Waals surface area contributed by atoms with Gasteiger partial charge in [0.2, 0.25) is 21.8 Å². The lowest BCUT2D eigenvalue weighted by atomic mass is 10.2. The van der Waals surface area contributed by atoms with Gasteiger partial charge in [0.25, 0.3) is 0 Å². The number of nitrogens with one attached hydrogen (secondary N) is 1. The third-order valence-electron chi connectivity index (χ3n) is 4.21. The minimum atomic E-state index is -3.22. The van der Waals surface area contributed by atoms with E-state index in [4.69, 9.17) is 0 Å². The molecule has 0 aliphatic carbocycles. The van der Waals surface area contributed by atoms with Gasteiger partial charge in [-0.2, -0.15) is 0 Å². The summed E-state index contributed by atoms with van der Waals surface area (Å²) in [5.41, 5.74) is 0. The molecular weight excluding hydrogens is 306 g/mol. The number of sulfonamides is 1. The third kappa shape index (κ3) is 4.19. The minimum absolute atomic E-state index is 0.0846. The molecule has 126 valence electrons. The van der Waals surface area contributed by atoms with Crippen molar-refractivity contribution in [3.8, 4) is 0 Å². The summed E-state index contributed by atoms with van der Waals surface area (Å²) in [4.78, 5) is 25.3. The summed E-state index contributed by atoms with van der Waals surface area (Å²) in [7, 11) is -3.22. The summed E-state index contributed by atoms with van der Waals surface area (Å²) in [6, 6.07) is -0.434. The van der Waals surface area contributed by atoms with Crippen molar-refractivity contribution in [3.05, 3.63) is 0 Å². The Balaban J connectivity index is 1.92. The second-order valence-electron chi connectivity index (χ2n) is 5.91. The molecule has 22 heavy (non-hydrogen) atoms. The monoisotopic (exact) mass is 331 g/mol. The number of carbonyl (C=O) groups is 2. The van der Waals surface area contributed by atoms with Crippen LogP contribution in [0.4, 0.5) is 0 Å². The molecule has 2 fully saturated rings. The van der Waals surface area contributed by atoms with E-state index in [9.17, 15) is 18.0 Å². The Bertz CT molecular complexity index is 520. The van der Waals surface area contributed by atoms with E-state index in [2.05, 4.69) is 5.32 Å². The molecule has 2 aliphatic heterocycles. The number of hydrogen-bond acceptors (Lipinski definition) is 4. The van der Waals surface area contributed by atoms with Crippen LogP contribution in [-0.2, 0) is 19.6 Å². The summed E-state index contributed by atoms with van der Waals surface area (Å²) < 4.78 is 26.0. The third-order valence-corrected chi connectivity index (χ3v) is 6.17. The Morgan fingerprint density at radius 1 is 1.27 bits per heavy atom. The van der Waals surface area contributed by atoms with Crippen LogP contribution in [0.1, 0.15) is 39.0 Å². The molecule has 2 heterocycles. The van der Waals surface area contributed by atoms with Crippen LogP contribution in [0.2, 0.25) is 0 Å². The first kappa shape index (κ1) is 17.2. The molecule has 0 aromatic heterocycles. The highest BCUT2D eigenvalue weighted by molar-refractivity contribution is 7.89. The molecule has 1 unspecified atom stereocenters. The van der Waals surface area contributed by atoms with Gasteiger partial charge in [0.05, 0.1) is 5.75 Å². The Morgan fingerprint density at radius 3 is 2.68 bits per heavy atom. The van der Waals surface area contributed by atoms with E-state index in [-0.39, 0.29) is 17.6 Å². The van der Waals surface area contributed by atoms with Crippen molar-refractivity contribution < 1.29 is 18.0 Å². The first-order chi connectivity index (χ1) is 10.4. The smallest absolute Gasteiger partial charge is 0.245 e. The second-order valence-corrected chi connectivity index (χ2v) is 7.99. The quantitative estimate of drug-likeness (QED) is 0.764. The average Bonchev–Trinajstić information content (AvgIpc) is 2.76. The number of carbonyl (C=O) groups excluding carboxylic acids is 2. The SMILES string of the molecule is CCCCS(=O)(=O)N1CCCN(C(=O)C2CCC(=O)N2)CC1. The fourth-order valence-electron chi connectivity index (χ4n) is 2.87. The Morgan fingerprint density at radius 2 is 2.05 bits per heavy atom. The van der Waals surface area contributed by atoms with E-state index in [1.54, 1.807) is 4.90 Å². The Labute approximate surface area is 132 Å². The molecule has 1 N–H and O–H groups in total. The lowest BCUT2D eigenvalue weighted by molar-refractivity contribution is -0.134. The van der Waals surface area contributed by atoms with Gasteiger partial charge >= 0.3 is 0 Å². The van der Waals surface area contributed by atoms with E-state index < -0.39 is 16.1 Å². The average molecular weight is 331 g/mol. The number of rotatable bonds is 5. The summed E-state index contributed by atoms with van der Waals surface area (Å²) in [6.45, 7) is 3.72. The molecule has 7 nitrogen and oxygen atoms in total. The van der Waals surface area contributed by atoms with Crippen LogP contribution in [0, 0.1) is 0 Å². The van der Waals surface area contributed by atoms with Gasteiger partial charge in [-0.05, 0) is 19.3 Å². The van der Waals surface area contributed by atoms with E-state index >= 15 is 0 Å². The molecule has 2 saturated heterocycles. The van der Waals surface area contributed by atoms with Gasteiger partial charge in [0.15, 0.2) is 0 Å². The molecule has 2 amide bonds. The first-order valence-electron chi connectivity index (χ1n) is 8.00. The fourth-order valence-corrected chi connectivity index (χ4v) is 4.55. The molecule has 0 saturated carbocycles. The van der Waals surface area contributed by atoms with Gasteiger partial charge in [-0.3, -0.25) is 9.59 Å². The van der Waals surface area contributed by atoms with E-state index in [0.717, 1.165) is 6.42 Å². The normalized spacial score (nSPS) is 24.1. The molecule has 0 aromatic rings. The van der Waals surface area contributed by atoms with Crippen LogP contribution in [-0.4, -0.2) is 67.4 Å². The zero-order chi connectivity index (χ0) is 16.2. The summed E-state index contributed by atoms with van der Waals surface area (Å²) in [5.74, 6) is 0.00597. The highest BCUT2D eigenvalue weighted by atomic mass is 32.2. The highest BCUT2D eigenvalue weighted by Crippen LogP contribution is 2.14. The largest absolute Gasteiger partial charge is 0.344 e.